The number of anilines is 1. The molecule has 1 aromatic carbocycles. The van der Waals surface area contributed by atoms with Gasteiger partial charge in [-0.05, 0) is 35.9 Å². The second kappa shape index (κ2) is 7.75. The number of carbonyl (C=O) groups excluding carboxylic acids is 1. The molecule has 1 heterocycles. The lowest BCUT2D eigenvalue weighted by molar-refractivity contribution is -0.115. The summed E-state index contributed by atoms with van der Waals surface area (Å²) in [6, 6.07) is 11.2. The molecule has 0 radical (unpaired) electrons. The van der Waals surface area contributed by atoms with E-state index in [1.807, 2.05) is 36.4 Å². The van der Waals surface area contributed by atoms with Crippen LogP contribution in [0.3, 0.4) is 0 Å². The van der Waals surface area contributed by atoms with Crippen LogP contribution in [-0.2, 0) is 11.3 Å². The summed E-state index contributed by atoms with van der Waals surface area (Å²) in [5.41, 5.74) is 1.79. The summed E-state index contributed by atoms with van der Waals surface area (Å²) in [5, 5.41) is 5.90. The van der Waals surface area contributed by atoms with Crippen molar-refractivity contribution in [2.24, 2.45) is 0 Å². The number of rotatable bonds is 6. The van der Waals surface area contributed by atoms with Crippen molar-refractivity contribution in [3.8, 4) is 5.88 Å². The highest BCUT2D eigenvalue weighted by Gasteiger charge is 2.02. The van der Waals surface area contributed by atoms with Gasteiger partial charge in [-0.2, -0.15) is 0 Å². The Morgan fingerprint density at radius 1 is 1.29 bits per heavy atom. The topological polar surface area (TPSA) is 63.2 Å². The maximum Gasteiger partial charge on any atom is 0.238 e. The van der Waals surface area contributed by atoms with E-state index in [4.69, 9.17) is 4.74 Å². The minimum atomic E-state index is -0.0849. The Bertz CT molecular complexity index is 602. The molecule has 0 unspecified atom stereocenters. The minimum Gasteiger partial charge on any atom is -0.481 e. The van der Waals surface area contributed by atoms with Crippen LogP contribution in [-0.4, -0.2) is 24.5 Å². The van der Waals surface area contributed by atoms with Crippen LogP contribution in [0.5, 0.6) is 5.88 Å². The molecule has 0 saturated carbocycles. The van der Waals surface area contributed by atoms with Crippen LogP contribution in [0.4, 0.5) is 5.69 Å². The van der Waals surface area contributed by atoms with Crippen LogP contribution in [0.15, 0.2) is 47.1 Å². The van der Waals surface area contributed by atoms with Crippen LogP contribution in [0.25, 0.3) is 0 Å². The molecule has 2 rings (SSSR count). The Morgan fingerprint density at radius 3 is 2.76 bits per heavy atom. The smallest absolute Gasteiger partial charge is 0.238 e. The third-order valence-electron chi connectivity index (χ3n) is 2.75. The zero-order valence-corrected chi connectivity index (χ0v) is 13.2. The van der Waals surface area contributed by atoms with Gasteiger partial charge in [0.15, 0.2) is 0 Å². The van der Waals surface area contributed by atoms with Crippen LogP contribution in [0.2, 0.25) is 0 Å². The van der Waals surface area contributed by atoms with E-state index in [1.165, 1.54) is 0 Å². The summed E-state index contributed by atoms with van der Waals surface area (Å²) in [5.74, 6) is 0.479. The van der Waals surface area contributed by atoms with Crippen molar-refractivity contribution in [3.63, 3.8) is 0 Å². The predicted molar refractivity (Wildman–Crippen MR) is 85.3 cm³/mol. The van der Waals surface area contributed by atoms with Gasteiger partial charge in [-0.3, -0.25) is 4.79 Å². The number of hydrogen-bond donors (Lipinski definition) is 2. The predicted octanol–water partition coefficient (Wildman–Crippen LogP) is 2.58. The lowest BCUT2D eigenvalue weighted by Gasteiger charge is -2.07. The number of nitrogens with one attached hydrogen (secondary N) is 2. The SMILES string of the molecule is COc1cc(CNCC(=O)Nc2ccc(Br)cc2)ccn1. The molecule has 1 aromatic heterocycles. The highest BCUT2D eigenvalue weighted by atomic mass is 79.9. The third kappa shape index (κ3) is 5.17. The second-order valence-electron chi connectivity index (χ2n) is 4.37. The number of halogens is 1. The Labute approximate surface area is 131 Å². The monoisotopic (exact) mass is 349 g/mol. The maximum absolute atomic E-state index is 11.8. The number of carbonyl (C=O) groups is 1. The zero-order valence-electron chi connectivity index (χ0n) is 11.6. The normalized spacial score (nSPS) is 10.2. The van der Waals surface area contributed by atoms with Crippen LogP contribution in [0, 0.1) is 0 Å². The molecule has 6 heteroatoms. The molecular weight excluding hydrogens is 334 g/mol. The Morgan fingerprint density at radius 2 is 2.05 bits per heavy atom. The van der Waals surface area contributed by atoms with Gasteiger partial charge in [0.1, 0.15) is 0 Å². The molecular formula is C15H16BrN3O2. The zero-order chi connectivity index (χ0) is 15.1. The van der Waals surface area contributed by atoms with Gasteiger partial charge in [0.25, 0.3) is 0 Å². The number of benzene rings is 1. The number of methoxy groups -OCH3 is 1. The number of amides is 1. The molecule has 0 aliphatic rings. The number of ether oxygens (including phenoxy) is 1. The van der Waals surface area contributed by atoms with Gasteiger partial charge in [-0.15, -0.1) is 0 Å². The third-order valence-corrected chi connectivity index (χ3v) is 3.28. The molecule has 0 fully saturated rings. The molecule has 1 amide bonds. The van der Waals surface area contributed by atoms with E-state index >= 15 is 0 Å². The van der Waals surface area contributed by atoms with Crippen molar-refractivity contribution < 1.29 is 9.53 Å². The van der Waals surface area contributed by atoms with Gasteiger partial charge in [0.2, 0.25) is 11.8 Å². The largest absolute Gasteiger partial charge is 0.481 e. The van der Waals surface area contributed by atoms with Crippen LogP contribution >= 0.6 is 15.9 Å². The standard InChI is InChI=1S/C15H16BrN3O2/c1-21-15-8-11(6-7-18-15)9-17-10-14(20)19-13-4-2-12(16)3-5-13/h2-8,17H,9-10H2,1H3,(H,19,20). The van der Waals surface area contributed by atoms with Gasteiger partial charge in [-0.25, -0.2) is 4.98 Å². The maximum atomic E-state index is 11.8. The Kier molecular flexibility index (Phi) is 5.71. The first-order valence-electron chi connectivity index (χ1n) is 6.42. The van der Waals surface area contributed by atoms with E-state index < -0.39 is 0 Å². The van der Waals surface area contributed by atoms with Gasteiger partial charge < -0.3 is 15.4 Å². The van der Waals surface area contributed by atoms with E-state index in [2.05, 4.69) is 31.5 Å². The van der Waals surface area contributed by atoms with Crippen molar-refractivity contribution in [2.45, 2.75) is 6.54 Å². The number of aromatic nitrogens is 1. The molecule has 0 bridgehead atoms. The minimum absolute atomic E-state index is 0.0849. The summed E-state index contributed by atoms with van der Waals surface area (Å²) in [4.78, 5) is 15.8. The molecule has 0 spiro atoms. The van der Waals surface area contributed by atoms with E-state index in [9.17, 15) is 4.79 Å². The van der Waals surface area contributed by atoms with E-state index in [0.29, 0.717) is 12.4 Å². The van der Waals surface area contributed by atoms with Crippen molar-refractivity contribution in [1.29, 1.82) is 0 Å². The first kappa shape index (κ1) is 15.5. The van der Waals surface area contributed by atoms with E-state index in [0.717, 1.165) is 15.7 Å². The fourth-order valence-corrected chi connectivity index (χ4v) is 2.00. The van der Waals surface area contributed by atoms with Crippen molar-refractivity contribution in [3.05, 3.63) is 52.6 Å². The van der Waals surface area contributed by atoms with Crippen molar-refractivity contribution in [1.82, 2.24) is 10.3 Å². The molecule has 2 aromatic rings. The fraction of sp³-hybridized carbons (Fsp3) is 0.200. The summed E-state index contributed by atoms with van der Waals surface area (Å²) in [6.07, 6.45) is 1.68. The molecule has 110 valence electrons. The van der Waals surface area contributed by atoms with Crippen molar-refractivity contribution >= 4 is 27.5 Å². The second-order valence-corrected chi connectivity index (χ2v) is 5.28. The summed E-state index contributed by atoms with van der Waals surface area (Å²) in [7, 11) is 1.57. The van der Waals surface area contributed by atoms with Gasteiger partial charge in [0.05, 0.1) is 13.7 Å². The van der Waals surface area contributed by atoms with Gasteiger partial charge in [-0.1, -0.05) is 15.9 Å². The molecule has 5 nitrogen and oxygen atoms in total. The first-order chi connectivity index (χ1) is 10.2. The van der Waals surface area contributed by atoms with Gasteiger partial charge >= 0.3 is 0 Å². The molecule has 0 aliphatic carbocycles. The summed E-state index contributed by atoms with van der Waals surface area (Å²) >= 11 is 3.35. The average molecular weight is 350 g/mol. The quantitative estimate of drug-likeness (QED) is 0.841. The summed E-state index contributed by atoms with van der Waals surface area (Å²) < 4.78 is 6.03. The van der Waals surface area contributed by atoms with E-state index in [-0.39, 0.29) is 12.5 Å². The number of nitrogens with zero attached hydrogens (tertiary/aromatic N) is 1. The summed E-state index contributed by atoms with van der Waals surface area (Å²) in [6.45, 7) is 0.813. The number of hydrogen-bond acceptors (Lipinski definition) is 4. The van der Waals surface area contributed by atoms with E-state index in [1.54, 1.807) is 13.3 Å². The first-order valence-corrected chi connectivity index (χ1v) is 7.22. The molecule has 2 N–H and O–H groups in total. The lowest BCUT2D eigenvalue weighted by Crippen LogP contribution is -2.27. The highest BCUT2D eigenvalue weighted by Crippen LogP contribution is 2.13. The fourth-order valence-electron chi connectivity index (χ4n) is 1.73. The van der Waals surface area contributed by atoms with Crippen molar-refractivity contribution in [2.75, 3.05) is 19.0 Å². The Hall–Kier alpha value is -1.92. The molecule has 0 aliphatic heterocycles. The molecule has 0 atom stereocenters. The molecule has 0 saturated heterocycles. The lowest BCUT2D eigenvalue weighted by atomic mass is 10.2. The highest BCUT2D eigenvalue weighted by molar-refractivity contribution is 9.10. The van der Waals surface area contributed by atoms with Gasteiger partial charge in [0, 0.05) is 29.0 Å². The average Bonchev–Trinajstić information content (AvgIpc) is 2.50. The number of pyridine rings is 1. The Balaban J connectivity index is 1.77. The molecule has 21 heavy (non-hydrogen) atoms. The van der Waals surface area contributed by atoms with Crippen LogP contribution in [0.1, 0.15) is 5.56 Å². The van der Waals surface area contributed by atoms with Crippen LogP contribution < -0.4 is 15.4 Å².